The first kappa shape index (κ1) is 13.4. The van der Waals surface area contributed by atoms with Gasteiger partial charge in [0.1, 0.15) is 11.3 Å². The number of nitrogens with two attached hydrogens (primary N) is 1. The number of aliphatic hydroxyl groups excluding tert-OH is 1. The average Bonchev–Trinajstić information content (AvgIpc) is 2.77. The maximum atomic E-state index is 8.95. The summed E-state index contributed by atoms with van der Waals surface area (Å²) in [4.78, 5) is 9.06. The second kappa shape index (κ2) is 5.05. The molecule has 0 fully saturated rings. The normalized spacial score (nSPS) is 17.9. The molecular formula is C15H22N4O. The van der Waals surface area contributed by atoms with Crippen molar-refractivity contribution in [1.82, 2.24) is 14.5 Å². The molecule has 3 N–H and O–H groups in total. The van der Waals surface area contributed by atoms with Crippen molar-refractivity contribution >= 4 is 16.9 Å². The number of hydrogen-bond donors (Lipinski definition) is 2. The Morgan fingerprint density at radius 3 is 2.85 bits per heavy atom. The van der Waals surface area contributed by atoms with E-state index in [4.69, 9.17) is 10.8 Å². The first-order chi connectivity index (χ1) is 9.63. The van der Waals surface area contributed by atoms with Gasteiger partial charge in [0.2, 0.25) is 0 Å². The van der Waals surface area contributed by atoms with Crippen molar-refractivity contribution in [3.05, 3.63) is 17.1 Å². The molecule has 108 valence electrons. The molecule has 3 heterocycles. The molecule has 0 aliphatic carbocycles. The van der Waals surface area contributed by atoms with E-state index < -0.39 is 0 Å². The predicted molar refractivity (Wildman–Crippen MR) is 79.7 cm³/mol. The molecule has 3 rings (SSSR count). The Morgan fingerprint density at radius 2 is 2.10 bits per heavy atom. The fraction of sp³-hybridized carbons (Fsp3) is 0.600. The van der Waals surface area contributed by atoms with E-state index in [1.807, 2.05) is 13.8 Å². The molecule has 0 saturated heterocycles. The van der Waals surface area contributed by atoms with Crippen molar-refractivity contribution in [2.45, 2.75) is 52.0 Å². The molecule has 5 heteroatoms. The molecule has 2 aromatic rings. The van der Waals surface area contributed by atoms with Crippen molar-refractivity contribution < 1.29 is 5.11 Å². The lowest BCUT2D eigenvalue weighted by Gasteiger charge is -2.27. The third-order valence-electron chi connectivity index (χ3n) is 4.38. The van der Waals surface area contributed by atoms with Gasteiger partial charge in [-0.1, -0.05) is 0 Å². The highest BCUT2D eigenvalue weighted by Gasteiger charge is 2.26. The molecule has 0 aromatic carbocycles. The van der Waals surface area contributed by atoms with Gasteiger partial charge in [0.05, 0.1) is 5.52 Å². The largest absolute Gasteiger partial charge is 0.396 e. The van der Waals surface area contributed by atoms with Crippen LogP contribution >= 0.6 is 0 Å². The van der Waals surface area contributed by atoms with E-state index in [2.05, 4.69) is 14.5 Å². The molecule has 0 bridgehead atoms. The number of nitrogens with zero attached hydrogens (tertiary/aromatic N) is 3. The number of pyridine rings is 1. The zero-order chi connectivity index (χ0) is 14.3. The van der Waals surface area contributed by atoms with Crippen LogP contribution in [0.5, 0.6) is 0 Å². The predicted octanol–water partition coefficient (Wildman–Crippen LogP) is 2.28. The SMILES string of the molecule is Cc1nc(N)c2nc(C)n3c2c1CCC3CCCCO. The van der Waals surface area contributed by atoms with Crippen LogP contribution in [0.2, 0.25) is 0 Å². The quantitative estimate of drug-likeness (QED) is 0.839. The molecule has 5 nitrogen and oxygen atoms in total. The number of imidazole rings is 1. The smallest absolute Gasteiger partial charge is 0.151 e. The van der Waals surface area contributed by atoms with Crippen molar-refractivity contribution in [2.24, 2.45) is 0 Å². The summed E-state index contributed by atoms with van der Waals surface area (Å²) in [7, 11) is 0. The summed E-state index contributed by atoms with van der Waals surface area (Å²) in [5, 5.41) is 8.95. The van der Waals surface area contributed by atoms with Crippen LogP contribution in [-0.4, -0.2) is 26.2 Å². The molecule has 0 radical (unpaired) electrons. The van der Waals surface area contributed by atoms with Gasteiger partial charge in [-0.15, -0.1) is 0 Å². The Kier molecular flexibility index (Phi) is 3.38. The fourth-order valence-electron chi connectivity index (χ4n) is 3.44. The van der Waals surface area contributed by atoms with Gasteiger partial charge < -0.3 is 15.4 Å². The second-order valence-electron chi connectivity index (χ2n) is 5.70. The number of anilines is 1. The van der Waals surface area contributed by atoms with Crippen LogP contribution in [-0.2, 0) is 6.42 Å². The Bertz CT molecular complexity index is 647. The van der Waals surface area contributed by atoms with Crippen molar-refractivity contribution in [3.8, 4) is 0 Å². The van der Waals surface area contributed by atoms with Crippen LogP contribution in [0.25, 0.3) is 11.0 Å². The molecule has 20 heavy (non-hydrogen) atoms. The van der Waals surface area contributed by atoms with Crippen LogP contribution < -0.4 is 5.73 Å². The monoisotopic (exact) mass is 274 g/mol. The first-order valence-corrected chi connectivity index (χ1v) is 7.37. The van der Waals surface area contributed by atoms with Crippen LogP contribution in [0, 0.1) is 13.8 Å². The van der Waals surface area contributed by atoms with Gasteiger partial charge in [-0.05, 0) is 51.5 Å². The number of unbranched alkanes of at least 4 members (excludes halogenated alkanes) is 1. The highest BCUT2D eigenvalue weighted by Crippen LogP contribution is 2.37. The molecule has 2 aromatic heterocycles. The Balaban J connectivity index is 2.09. The number of hydrogen-bond acceptors (Lipinski definition) is 4. The number of rotatable bonds is 4. The van der Waals surface area contributed by atoms with E-state index in [-0.39, 0.29) is 6.61 Å². The van der Waals surface area contributed by atoms with Crippen molar-refractivity contribution in [3.63, 3.8) is 0 Å². The Labute approximate surface area is 118 Å². The number of aromatic nitrogens is 3. The number of aryl methyl sites for hydroxylation is 3. The first-order valence-electron chi connectivity index (χ1n) is 7.37. The van der Waals surface area contributed by atoms with Gasteiger partial charge in [0.25, 0.3) is 0 Å². The highest BCUT2D eigenvalue weighted by atomic mass is 16.2. The number of aliphatic hydroxyl groups is 1. The van der Waals surface area contributed by atoms with E-state index in [1.54, 1.807) is 0 Å². The van der Waals surface area contributed by atoms with Crippen molar-refractivity contribution in [1.29, 1.82) is 0 Å². The molecular weight excluding hydrogens is 252 g/mol. The zero-order valence-corrected chi connectivity index (χ0v) is 12.2. The minimum atomic E-state index is 0.275. The lowest BCUT2D eigenvalue weighted by atomic mass is 9.95. The highest BCUT2D eigenvalue weighted by molar-refractivity contribution is 5.89. The summed E-state index contributed by atoms with van der Waals surface area (Å²) in [5.41, 5.74) is 10.4. The topological polar surface area (TPSA) is 77.0 Å². The summed E-state index contributed by atoms with van der Waals surface area (Å²) in [6.07, 6.45) is 5.18. The van der Waals surface area contributed by atoms with E-state index >= 15 is 0 Å². The van der Waals surface area contributed by atoms with Crippen LogP contribution in [0.4, 0.5) is 5.82 Å². The van der Waals surface area contributed by atoms with E-state index in [0.717, 1.165) is 49.1 Å². The van der Waals surface area contributed by atoms with Gasteiger partial charge >= 0.3 is 0 Å². The lowest BCUT2D eigenvalue weighted by molar-refractivity contribution is 0.276. The summed E-state index contributed by atoms with van der Waals surface area (Å²) in [6.45, 7) is 4.35. The van der Waals surface area contributed by atoms with Crippen LogP contribution in [0.15, 0.2) is 0 Å². The van der Waals surface area contributed by atoms with E-state index in [9.17, 15) is 0 Å². The summed E-state index contributed by atoms with van der Waals surface area (Å²) < 4.78 is 2.34. The fourth-order valence-corrected chi connectivity index (χ4v) is 3.44. The van der Waals surface area contributed by atoms with Gasteiger partial charge in [-0.25, -0.2) is 9.97 Å². The summed E-state index contributed by atoms with van der Waals surface area (Å²) >= 11 is 0. The Hall–Kier alpha value is -1.62. The van der Waals surface area contributed by atoms with Gasteiger partial charge in [-0.3, -0.25) is 0 Å². The van der Waals surface area contributed by atoms with Gasteiger partial charge in [0, 0.05) is 18.3 Å². The molecule has 0 saturated carbocycles. The third-order valence-corrected chi connectivity index (χ3v) is 4.38. The van der Waals surface area contributed by atoms with E-state index in [0.29, 0.717) is 11.9 Å². The zero-order valence-electron chi connectivity index (χ0n) is 12.2. The molecule has 0 amide bonds. The third kappa shape index (κ3) is 1.97. The van der Waals surface area contributed by atoms with Crippen LogP contribution in [0.1, 0.15) is 48.8 Å². The molecule has 1 aliphatic heterocycles. The molecule has 1 atom stereocenters. The maximum absolute atomic E-state index is 8.95. The van der Waals surface area contributed by atoms with E-state index in [1.165, 1.54) is 11.1 Å². The Morgan fingerprint density at radius 1 is 1.30 bits per heavy atom. The van der Waals surface area contributed by atoms with Gasteiger partial charge in [-0.2, -0.15) is 0 Å². The van der Waals surface area contributed by atoms with Crippen molar-refractivity contribution in [2.75, 3.05) is 12.3 Å². The number of nitrogen functional groups attached to an aromatic ring is 1. The molecule has 1 aliphatic rings. The summed E-state index contributed by atoms with van der Waals surface area (Å²) in [5.74, 6) is 1.56. The second-order valence-corrected chi connectivity index (χ2v) is 5.70. The summed E-state index contributed by atoms with van der Waals surface area (Å²) in [6, 6.07) is 0.472. The van der Waals surface area contributed by atoms with Gasteiger partial charge in [0.15, 0.2) is 5.82 Å². The molecule has 0 spiro atoms. The minimum Gasteiger partial charge on any atom is -0.396 e. The van der Waals surface area contributed by atoms with Crippen LogP contribution in [0.3, 0.4) is 0 Å². The average molecular weight is 274 g/mol. The minimum absolute atomic E-state index is 0.275. The molecule has 1 unspecified atom stereocenters. The lowest BCUT2D eigenvalue weighted by Crippen LogP contribution is -2.18. The standard InChI is InChI=1S/C15H22N4O/c1-9-12-7-6-11(5-3-4-8-20)19-10(2)18-13(14(12)19)15(16)17-9/h11,20H,3-8H2,1-2H3,(H2,16,17). The maximum Gasteiger partial charge on any atom is 0.151 e.